The molecule has 1 aromatic carbocycles. The quantitative estimate of drug-likeness (QED) is 0.725. The standard InChI is InChI=1S/C16H25NO2S/c1-4-5-10-20-13(3)16(19)17-11-15(18)14-9-7-6-8-12(14)2/h6-9,13,15,18H,4-5,10-11H2,1-3H3,(H,17,19). The molecule has 2 unspecified atom stereocenters. The fourth-order valence-corrected chi connectivity index (χ4v) is 2.94. The maximum Gasteiger partial charge on any atom is 0.232 e. The van der Waals surface area contributed by atoms with E-state index in [0.717, 1.165) is 29.7 Å². The Hall–Kier alpha value is -1.00. The van der Waals surface area contributed by atoms with E-state index in [2.05, 4.69) is 12.2 Å². The van der Waals surface area contributed by atoms with E-state index in [0.29, 0.717) is 0 Å². The summed E-state index contributed by atoms with van der Waals surface area (Å²) in [6.45, 7) is 6.28. The van der Waals surface area contributed by atoms with Crippen molar-refractivity contribution in [3.63, 3.8) is 0 Å². The van der Waals surface area contributed by atoms with E-state index in [4.69, 9.17) is 0 Å². The molecular weight excluding hydrogens is 270 g/mol. The van der Waals surface area contributed by atoms with Gasteiger partial charge in [0, 0.05) is 6.54 Å². The van der Waals surface area contributed by atoms with Crippen LogP contribution in [-0.4, -0.2) is 28.6 Å². The first-order valence-corrected chi connectivity index (χ1v) is 8.24. The fraction of sp³-hybridized carbons (Fsp3) is 0.562. The summed E-state index contributed by atoms with van der Waals surface area (Å²) >= 11 is 1.67. The smallest absolute Gasteiger partial charge is 0.232 e. The monoisotopic (exact) mass is 295 g/mol. The third-order valence-electron chi connectivity index (χ3n) is 3.25. The number of aliphatic hydroxyl groups excluding tert-OH is 1. The Balaban J connectivity index is 2.39. The number of carbonyl (C=O) groups excluding carboxylic acids is 1. The molecule has 0 fully saturated rings. The van der Waals surface area contributed by atoms with E-state index in [-0.39, 0.29) is 17.7 Å². The van der Waals surface area contributed by atoms with E-state index in [1.807, 2.05) is 38.1 Å². The van der Waals surface area contributed by atoms with Crippen molar-refractivity contribution in [2.24, 2.45) is 0 Å². The highest BCUT2D eigenvalue weighted by atomic mass is 32.2. The van der Waals surface area contributed by atoms with Crippen molar-refractivity contribution in [1.29, 1.82) is 0 Å². The van der Waals surface area contributed by atoms with Gasteiger partial charge in [-0.15, -0.1) is 11.8 Å². The lowest BCUT2D eigenvalue weighted by molar-refractivity contribution is -0.120. The molecule has 0 aliphatic heterocycles. The van der Waals surface area contributed by atoms with Crippen LogP contribution in [0.25, 0.3) is 0 Å². The highest BCUT2D eigenvalue weighted by molar-refractivity contribution is 8.00. The zero-order valence-electron chi connectivity index (χ0n) is 12.6. The maximum atomic E-state index is 11.9. The van der Waals surface area contributed by atoms with Crippen LogP contribution in [0.15, 0.2) is 24.3 Å². The summed E-state index contributed by atoms with van der Waals surface area (Å²) in [4.78, 5) is 11.9. The van der Waals surface area contributed by atoms with Crippen molar-refractivity contribution in [2.45, 2.75) is 45.0 Å². The van der Waals surface area contributed by atoms with Crippen LogP contribution >= 0.6 is 11.8 Å². The van der Waals surface area contributed by atoms with Crippen molar-refractivity contribution in [2.75, 3.05) is 12.3 Å². The lowest BCUT2D eigenvalue weighted by atomic mass is 10.0. The molecule has 0 heterocycles. The molecule has 1 rings (SSSR count). The maximum absolute atomic E-state index is 11.9. The van der Waals surface area contributed by atoms with Crippen molar-refractivity contribution in [3.05, 3.63) is 35.4 Å². The van der Waals surface area contributed by atoms with Gasteiger partial charge in [0.1, 0.15) is 0 Å². The molecule has 2 N–H and O–H groups in total. The summed E-state index contributed by atoms with van der Waals surface area (Å²) in [5.41, 5.74) is 1.92. The second kappa shape index (κ2) is 9.03. The van der Waals surface area contributed by atoms with Crippen LogP contribution in [0.1, 0.15) is 43.9 Å². The number of hydrogen-bond donors (Lipinski definition) is 2. The third kappa shape index (κ3) is 5.55. The van der Waals surface area contributed by atoms with Gasteiger partial charge in [0.15, 0.2) is 0 Å². The summed E-state index contributed by atoms with van der Waals surface area (Å²) in [7, 11) is 0. The summed E-state index contributed by atoms with van der Waals surface area (Å²) in [5, 5.41) is 12.9. The van der Waals surface area contributed by atoms with E-state index in [1.54, 1.807) is 11.8 Å². The number of aryl methyl sites for hydroxylation is 1. The minimum Gasteiger partial charge on any atom is -0.387 e. The van der Waals surface area contributed by atoms with Crippen molar-refractivity contribution in [3.8, 4) is 0 Å². The SMILES string of the molecule is CCCCSC(C)C(=O)NCC(O)c1ccccc1C. The van der Waals surface area contributed by atoms with Crippen molar-refractivity contribution < 1.29 is 9.90 Å². The Morgan fingerprint density at radius 1 is 1.40 bits per heavy atom. The Morgan fingerprint density at radius 2 is 2.10 bits per heavy atom. The zero-order valence-corrected chi connectivity index (χ0v) is 13.4. The fourth-order valence-electron chi connectivity index (χ4n) is 1.89. The van der Waals surface area contributed by atoms with Crippen LogP contribution in [0, 0.1) is 6.92 Å². The minimum atomic E-state index is -0.645. The molecule has 1 amide bonds. The summed E-state index contributed by atoms with van der Waals surface area (Å²) in [5.74, 6) is 1.00. The van der Waals surface area contributed by atoms with Gasteiger partial charge >= 0.3 is 0 Å². The van der Waals surface area contributed by atoms with Gasteiger partial charge in [0.25, 0.3) is 0 Å². The van der Waals surface area contributed by atoms with Crippen LogP contribution in [0.2, 0.25) is 0 Å². The Kier molecular flexibility index (Phi) is 7.70. The van der Waals surface area contributed by atoms with Gasteiger partial charge < -0.3 is 10.4 Å². The average molecular weight is 295 g/mol. The van der Waals surface area contributed by atoms with E-state index >= 15 is 0 Å². The first-order valence-electron chi connectivity index (χ1n) is 7.19. The summed E-state index contributed by atoms with van der Waals surface area (Å²) < 4.78 is 0. The topological polar surface area (TPSA) is 49.3 Å². The van der Waals surface area contributed by atoms with Crippen LogP contribution in [-0.2, 0) is 4.79 Å². The largest absolute Gasteiger partial charge is 0.387 e. The second-order valence-electron chi connectivity index (χ2n) is 4.98. The number of thioether (sulfide) groups is 1. The van der Waals surface area contributed by atoms with E-state index in [1.165, 1.54) is 0 Å². The highest BCUT2D eigenvalue weighted by Gasteiger charge is 2.15. The first kappa shape index (κ1) is 17.1. The van der Waals surface area contributed by atoms with E-state index in [9.17, 15) is 9.90 Å². The number of unbranched alkanes of at least 4 members (excludes halogenated alkanes) is 1. The van der Waals surface area contributed by atoms with Gasteiger partial charge in [-0.1, -0.05) is 37.6 Å². The van der Waals surface area contributed by atoms with Crippen LogP contribution in [0.3, 0.4) is 0 Å². The highest BCUT2D eigenvalue weighted by Crippen LogP contribution is 2.17. The third-order valence-corrected chi connectivity index (χ3v) is 4.49. The second-order valence-corrected chi connectivity index (χ2v) is 6.43. The first-order chi connectivity index (χ1) is 9.56. The molecule has 0 aliphatic rings. The van der Waals surface area contributed by atoms with Crippen LogP contribution < -0.4 is 5.32 Å². The lowest BCUT2D eigenvalue weighted by Crippen LogP contribution is -2.34. The predicted octanol–water partition coefficient (Wildman–Crippen LogP) is 3.07. The number of rotatable bonds is 8. The molecule has 4 heteroatoms. The molecule has 20 heavy (non-hydrogen) atoms. The molecular formula is C16H25NO2S. The lowest BCUT2D eigenvalue weighted by Gasteiger charge is -2.16. The van der Waals surface area contributed by atoms with Gasteiger partial charge in [-0.2, -0.15) is 0 Å². The molecule has 0 saturated carbocycles. The molecule has 0 saturated heterocycles. The molecule has 3 nitrogen and oxygen atoms in total. The summed E-state index contributed by atoms with van der Waals surface area (Å²) in [6.07, 6.45) is 1.63. The number of hydrogen-bond acceptors (Lipinski definition) is 3. The zero-order chi connectivity index (χ0) is 15.0. The Bertz CT molecular complexity index is 423. The molecule has 0 radical (unpaired) electrons. The normalized spacial score (nSPS) is 13.8. The number of carbonyl (C=O) groups is 1. The molecule has 0 aliphatic carbocycles. The van der Waals surface area contributed by atoms with Gasteiger partial charge in [-0.3, -0.25) is 4.79 Å². The number of nitrogens with one attached hydrogen (secondary N) is 1. The number of benzene rings is 1. The molecule has 2 atom stereocenters. The number of aliphatic hydroxyl groups is 1. The minimum absolute atomic E-state index is 0.00117. The average Bonchev–Trinajstić information content (AvgIpc) is 2.45. The van der Waals surface area contributed by atoms with Crippen molar-refractivity contribution in [1.82, 2.24) is 5.32 Å². The molecule has 112 valence electrons. The van der Waals surface area contributed by atoms with Gasteiger partial charge in [0.2, 0.25) is 5.91 Å². The van der Waals surface area contributed by atoms with Gasteiger partial charge in [-0.05, 0) is 37.1 Å². The van der Waals surface area contributed by atoms with Gasteiger partial charge in [-0.25, -0.2) is 0 Å². The molecule has 0 spiro atoms. The van der Waals surface area contributed by atoms with Crippen LogP contribution in [0.4, 0.5) is 0 Å². The Labute approximate surface area is 126 Å². The number of amides is 1. The van der Waals surface area contributed by atoms with Crippen LogP contribution in [0.5, 0.6) is 0 Å². The van der Waals surface area contributed by atoms with Gasteiger partial charge in [0.05, 0.1) is 11.4 Å². The van der Waals surface area contributed by atoms with Crippen molar-refractivity contribution >= 4 is 17.7 Å². The summed E-state index contributed by atoms with van der Waals surface area (Å²) in [6, 6.07) is 7.70. The molecule has 0 bridgehead atoms. The Morgan fingerprint density at radius 3 is 2.75 bits per heavy atom. The molecule has 1 aromatic rings. The van der Waals surface area contributed by atoms with E-state index < -0.39 is 6.10 Å². The predicted molar refractivity (Wildman–Crippen MR) is 86.0 cm³/mol. The molecule has 0 aromatic heterocycles.